The van der Waals surface area contributed by atoms with Crippen LogP contribution in [-0.4, -0.2) is 0 Å². The van der Waals surface area contributed by atoms with Gasteiger partial charge in [-0.15, -0.1) is 0 Å². The van der Waals surface area contributed by atoms with E-state index in [2.05, 4.69) is 0 Å². The molecular formula is C42H27NO2. The molecule has 0 saturated heterocycles. The molecule has 0 atom stereocenters. The van der Waals surface area contributed by atoms with Crippen molar-refractivity contribution in [1.82, 2.24) is 0 Å². The summed E-state index contributed by atoms with van der Waals surface area (Å²) in [6.45, 7) is 0. The Kier molecular flexibility index (Phi) is 2.34. The fraction of sp³-hybridized carbons (Fsp3) is 0. The quantitative estimate of drug-likeness (QED) is 0.196. The number of hydrogen-bond donors (Lipinski definition) is 0. The number of hydrogen-bond acceptors (Lipinski definition) is 3. The van der Waals surface area contributed by atoms with Crippen molar-refractivity contribution in [3.8, 4) is 22.3 Å². The van der Waals surface area contributed by atoms with Gasteiger partial charge in [-0.1, -0.05) is 109 Å². The summed E-state index contributed by atoms with van der Waals surface area (Å²) in [5.74, 6) is 0. The van der Waals surface area contributed by atoms with Gasteiger partial charge in [-0.25, -0.2) is 0 Å². The third-order valence-corrected chi connectivity index (χ3v) is 6.76. The highest BCUT2D eigenvalue weighted by molar-refractivity contribution is 6.18. The smallest absolute Gasteiger partial charge is 0.137 e. The first-order valence-electron chi connectivity index (χ1n) is 26.5. The molecule has 45 heavy (non-hydrogen) atoms. The zero-order chi connectivity index (χ0) is 53.2. The van der Waals surface area contributed by atoms with Gasteiger partial charge < -0.3 is 13.7 Å². The van der Waals surface area contributed by atoms with Gasteiger partial charge in [0.25, 0.3) is 0 Å². The highest BCUT2D eigenvalue weighted by Gasteiger charge is 2.23. The average molecular weight is 605 g/mol. The normalized spacial score (nSPS) is 20.0. The first-order valence-corrected chi connectivity index (χ1v) is 13.0. The van der Waals surface area contributed by atoms with Crippen molar-refractivity contribution in [1.29, 1.82) is 0 Å². The van der Waals surface area contributed by atoms with Crippen molar-refractivity contribution in [2.75, 3.05) is 4.90 Å². The maximum atomic E-state index is 9.63. The Morgan fingerprint density at radius 1 is 0.378 bits per heavy atom. The summed E-state index contributed by atoms with van der Waals surface area (Å²) in [6, 6.07) is -26.2. The topological polar surface area (TPSA) is 29.5 Å². The van der Waals surface area contributed by atoms with Gasteiger partial charge >= 0.3 is 0 Å². The summed E-state index contributed by atoms with van der Waals surface area (Å²) in [5.41, 5.74) is -9.03. The highest BCUT2D eigenvalue weighted by atomic mass is 16.3. The molecule has 0 amide bonds. The van der Waals surface area contributed by atoms with Gasteiger partial charge in [0.2, 0.25) is 0 Å². The maximum Gasteiger partial charge on any atom is 0.137 e. The molecule has 9 aromatic rings. The second-order valence-corrected chi connectivity index (χ2v) is 9.28. The lowest BCUT2D eigenvalue weighted by molar-refractivity contribution is 0.669. The molecule has 7 aromatic carbocycles. The lowest BCUT2D eigenvalue weighted by Crippen LogP contribution is -2.10. The second-order valence-electron chi connectivity index (χ2n) is 9.28. The van der Waals surface area contributed by atoms with Gasteiger partial charge in [-0.3, -0.25) is 0 Å². The van der Waals surface area contributed by atoms with E-state index in [0.29, 0.717) is 4.90 Å². The van der Waals surface area contributed by atoms with Crippen LogP contribution >= 0.6 is 0 Å². The Balaban J connectivity index is 1.59. The fourth-order valence-corrected chi connectivity index (χ4v) is 4.87. The summed E-state index contributed by atoms with van der Waals surface area (Å²) in [7, 11) is 0. The molecule has 2 heterocycles. The van der Waals surface area contributed by atoms with Crippen molar-refractivity contribution in [3.63, 3.8) is 0 Å². The van der Waals surface area contributed by atoms with Crippen LogP contribution in [0.4, 0.5) is 17.1 Å². The summed E-state index contributed by atoms with van der Waals surface area (Å²) in [4.78, 5) is 0.532. The Hall–Kier alpha value is -6.06. The number of para-hydroxylation sites is 1. The van der Waals surface area contributed by atoms with E-state index in [0.717, 1.165) is 0 Å². The van der Waals surface area contributed by atoms with Crippen molar-refractivity contribution in [3.05, 3.63) is 163 Å². The Bertz CT molecular complexity index is 3940. The molecule has 0 N–H and O–H groups in total. The van der Waals surface area contributed by atoms with Crippen molar-refractivity contribution in [2.24, 2.45) is 0 Å². The number of fused-ring (bicyclic) bond motifs is 6. The summed E-state index contributed by atoms with van der Waals surface area (Å²) >= 11 is 0. The molecule has 0 radical (unpaired) electrons. The minimum absolute atomic E-state index is 0.532. The average Bonchev–Trinajstić information content (AvgIpc) is 3.95. The molecule has 0 saturated carbocycles. The predicted octanol–water partition coefficient (Wildman–Crippen LogP) is 12.3. The summed E-state index contributed by atoms with van der Waals surface area (Å²) in [5, 5.41) is -2.66. The van der Waals surface area contributed by atoms with Crippen LogP contribution in [0.1, 0.15) is 37.0 Å². The zero-order valence-corrected chi connectivity index (χ0v) is 22.3. The van der Waals surface area contributed by atoms with E-state index < -0.39 is 246 Å². The van der Waals surface area contributed by atoms with Crippen molar-refractivity contribution < 1.29 is 45.8 Å². The number of anilines is 3. The van der Waals surface area contributed by atoms with Crippen LogP contribution in [0.15, 0.2) is 172 Å². The second kappa shape index (κ2) is 10.3. The lowest BCUT2D eigenvalue weighted by Gasteiger charge is -2.27. The lowest BCUT2D eigenvalue weighted by atomic mass is 10.0. The maximum absolute atomic E-state index is 9.63. The highest BCUT2D eigenvalue weighted by Crippen LogP contribution is 2.47. The van der Waals surface area contributed by atoms with Gasteiger partial charge in [-0.2, -0.15) is 0 Å². The Morgan fingerprint density at radius 3 is 1.53 bits per heavy atom. The van der Waals surface area contributed by atoms with Gasteiger partial charge in [-0.05, 0) is 76.6 Å². The molecule has 0 spiro atoms. The molecule has 0 aliphatic carbocycles. The van der Waals surface area contributed by atoms with Crippen molar-refractivity contribution in [2.45, 2.75) is 0 Å². The molecule has 0 aliphatic heterocycles. The summed E-state index contributed by atoms with van der Waals surface area (Å²) < 4.78 is 251. The van der Waals surface area contributed by atoms with Crippen LogP contribution in [0, 0.1) is 0 Å². The first kappa shape index (κ1) is 10.3. The Morgan fingerprint density at radius 2 is 0.867 bits per heavy atom. The molecule has 2 aromatic heterocycles. The molecule has 0 bridgehead atoms. The van der Waals surface area contributed by atoms with E-state index in [1.165, 1.54) is 0 Å². The number of nitrogens with zero attached hydrogens (tertiary/aromatic N) is 1. The first-order chi connectivity index (χ1) is 33.6. The molecule has 0 unspecified atom stereocenters. The van der Waals surface area contributed by atoms with Crippen LogP contribution in [0.2, 0.25) is 0 Å². The van der Waals surface area contributed by atoms with E-state index >= 15 is 0 Å². The van der Waals surface area contributed by atoms with Gasteiger partial charge in [0.1, 0.15) is 22.3 Å². The largest absolute Gasteiger partial charge is 0.456 e. The van der Waals surface area contributed by atoms with Crippen molar-refractivity contribution >= 4 is 60.9 Å². The van der Waals surface area contributed by atoms with Crippen LogP contribution < -0.4 is 4.90 Å². The minimum atomic E-state index is -1.20. The van der Waals surface area contributed by atoms with Crippen LogP contribution in [0.25, 0.3) is 66.1 Å². The molecule has 9 rings (SSSR count). The Labute approximate surface area is 298 Å². The fourth-order valence-electron chi connectivity index (χ4n) is 4.87. The number of rotatable bonds is 5. The molecule has 212 valence electrons. The number of benzene rings is 7. The summed E-state index contributed by atoms with van der Waals surface area (Å²) in [6.07, 6.45) is 0. The molecule has 3 nitrogen and oxygen atoms in total. The molecule has 0 aliphatic rings. The molecule has 0 fully saturated rings. The monoisotopic (exact) mass is 604 g/mol. The van der Waals surface area contributed by atoms with Crippen LogP contribution in [0.3, 0.4) is 0 Å². The SMILES string of the molecule is [2H]c1c([2H])c([2H])c(-c2c([2H])c([2H])c(N(c3c([2H])c([2H])c([2H])c4oc5c([2H])c([2H])c([2H])c([2H])c5c34)c3c([2H])c([2H])c([2H])c4oc5c([2H])c([2H])c(-c6c([2H])c([2H])c([2H])c([2H])c6[2H])c([2H])c5c34)c([2H])c2[2H])c([2H])c1[2H]. The molecule has 3 heteroatoms. The van der Waals surface area contributed by atoms with Gasteiger partial charge in [0.05, 0.1) is 59.2 Å². The van der Waals surface area contributed by atoms with Gasteiger partial charge in [0.15, 0.2) is 0 Å². The van der Waals surface area contributed by atoms with Gasteiger partial charge in [0, 0.05) is 16.5 Å². The molecular weight excluding hydrogens is 550 g/mol. The van der Waals surface area contributed by atoms with E-state index in [9.17, 15) is 9.60 Å². The van der Waals surface area contributed by atoms with E-state index in [1.54, 1.807) is 0 Å². The predicted molar refractivity (Wildman–Crippen MR) is 187 cm³/mol. The van der Waals surface area contributed by atoms with Crippen LogP contribution in [0.5, 0.6) is 0 Å². The van der Waals surface area contributed by atoms with E-state index in [-0.39, 0.29) is 0 Å². The zero-order valence-electron chi connectivity index (χ0n) is 49.3. The standard InChI is InChI=1S/C42H27NO2/c1-3-11-28(12-4-1)30-21-24-32(25-22-30)43(35-16-9-19-39-41(35)33-15-7-8-18-37(33)44-39)36-17-10-20-40-42(36)34-27-31(23-26-38(34)45-40)29-13-5-2-6-14-29/h1-27H/i1D,2D,3D,4D,5D,6D,7D,8D,9D,10D,11D,12D,13D,14D,15D,16D,17D,18D,19D,20D,21D,22D,23D,24D,25D,26D,27D. The minimum Gasteiger partial charge on any atom is -0.456 e. The third kappa shape index (κ3) is 4.21. The number of furan rings is 2. The van der Waals surface area contributed by atoms with E-state index in [4.69, 9.17) is 36.2 Å². The third-order valence-electron chi connectivity index (χ3n) is 6.76. The van der Waals surface area contributed by atoms with E-state index in [1.807, 2.05) is 0 Å². The van der Waals surface area contributed by atoms with Crippen LogP contribution in [-0.2, 0) is 0 Å².